The van der Waals surface area contributed by atoms with Crippen LogP contribution in [0.2, 0.25) is 0 Å². The highest BCUT2D eigenvalue weighted by Crippen LogP contribution is 2.18. The lowest BCUT2D eigenvalue weighted by Gasteiger charge is -2.01. The van der Waals surface area contributed by atoms with E-state index in [0.717, 1.165) is 0 Å². The first-order valence-corrected chi connectivity index (χ1v) is 5.66. The van der Waals surface area contributed by atoms with Crippen LogP contribution in [-0.2, 0) is 0 Å². The third-order valence-electron chi connectivity index (χ3n) is 1.59. The van der Waals surface area contributed by atoms with Crippen LogP contribution in [0, 0.1) is 0 Å². The van der Waals surface area contributed by atoms with Crippen molar-refractivity contribution >= 4 is 29.4 Å². The lowest BCUT2D eigenvalue weighted by molar-refractivity contribution is 0.724. The molecule has 0 aliphatic heterocycles. The maximum absolute atomic E-state index is 5.27. The average Bonchev–Trinajstić information content (AvgIpc) is 2.59. The Morgan fingerprint density at radius 3 is 2.59 bits per heavy atom. The van der Waals surface area contributed by atoms with E-state index in [1.54, 1.807) is 0 Å². The predicted octanol–water partition coefficient (Wildman–Crippen LogP) is -0.680. The fourth-order valence-electron chi connectivity index (χ4n) is 1.05. The molecule has 2 aromatic rings. The molecule has 0 aliphatic rings. The van der Waals surface area contributed by atoms with Gasteiger partial charge in [0.2, 0.25) is 5.16 Å². The van der Waals surface area contributed by atoms with E-state index in [2.05, 4.69) is 30.5 Å². The molecule has 0 fully saturated rings. The Morgan fingerprint density at radius 1 is 1.24 bits per heavy atom. The quantitative estimate of drug-likeness (QED) is 0.417. The van der Waals surface area contributed by atoms with Crippen molar-refractivity contribution in [3.63, 3.8) is 0 Å². The topological polar surface area (TPSA) is 133 Å². The van der Waals surface area contributed by atoms with Crippen LogP contribution in [0.25, 0.3) is 5.78 Å². The van der Waals surface area contributed by atoms with Gasteiger partial charge in [-0.15, -0.1) is 25.5 Å². The maximum atomic E-state index is 5.27. The Labute approximate surface area is 101 Å². The second-order valence-corrected chi connectivity index (χ2v) is 4.94. The van der Waals surface area contributed by atoms with Gasteiger partial charge in [0.05, 0.1) is 0 Å². The highest BCUT2D eigenvalue weighted by Gasteiger charge is 2.10. The number of nitrogens with two attached hydrogens (primary N) is 2. The Kier molecular flexibility index (Phi) is 3.04. The number of hydrogen-bond acceptors (Lipinski definition) is 7. The molecule has 0 aliphatic carbocycles. The minimum absolute atomic E-state index is 0.115. The number of hydrogen-bond donors (Lipinski definition) is 2. The van der Waals surface area contributed by atoms with Crippen LogP contribution in [0.1, 0.15) is 13.8 Å². The predicted molar refractivity (Wildman–Crippen MR) is 62.8 cm³/mol. The average molecular weight is 253 g/mol. The lowest BCUT2D eigenvalue weighted by atomic mass is 10.6. The summed E-state index contributed by atoms with van der Waals surface area (Å²) in [4.78, 5) is 3.79. The molecule has 2 aromatic heterocycles. The van der Waals surface area contributed by atoms with Crippen LogP contribution in [-0.4, -0.2) is 41.2 Å². The molecule has 0 saturated carbocycles. The van der Waals surface area contributed by atoms with Gasteiger partial charge in [0, 0.05) is 5.25 Å². The van der Waals surface area contributed by atoms with E-state index in [0.29, 0.717) is 10.4 Å². The van der Waals surface area contributed by atoms with Crippen LogP contribution in [0.4, 0.5) is 5.95 Å². The summed E-state index contributed by atoms with van der Waals surface area (Å²) in [6, 6.07) is 0. The van der Waals surface area contributed by atoms with E-state index in [1.807, 2.05) is 13.8 Å². The monoisotopic (exact) mass is 253 g/mol. The summed E-state index contributed by atoms with van der Waals surface area (Å²) in [5, 5.41) is 20.3. The van der Waals surface area contributed by atoms with Crippen molar-refractivity contribution in [2.24, 2.45) is 16.5 Å². The van der Waals surface area contributed by atoms with Gasteiger partial charge in [0.15, 0.2) is 5.96 Å². The second kappa shape index (κ2) is 4.49. The van der Waals surface area contributed by atoms with Crippen molar-refractivity contribution in [3.8, 4) is 0 Å². The number of aromatic nitrogens is 6. The molecule has 0 spiro atoms. The van der Waals surface area contributed by atoms with Gasteiger partial charge in [-0.05, 0) is 0 Å². The van der Waals surface area contributed by atoms with Crippen molar-refractivity contribution in [2.45, 2.75) is 24.3 Å². The number of aliphatic imine (C=N–C) groups is 1. The van der Waals surface area contributed by atoms with E-state index < -0.39 is 0 Å². The maximum Gasteiger partial charge on any atom is 0.292 e. The first-order chi connectivity index (χ1) is 8.06. The van der Waals surface area contributed by atoms with Crippen LogP contribution in [0.15, 0.2) is 10.1 Å². The van der Waals surface area contributed by atoms with Crippen molar-refractivity contribution in [1.82, 2.24) is 30.0 Å². The van der Waals surface area contributed by atoms with Crippen molar-refractivity contribution in [2.75, 3.05) is 0 Å². The normalized spacial score (nSPS) is 11.0. The Balaban J connectivity index is 2.46. The molecule has 0 saturated heterocycles. The summed E-state index contributed by atoms with van der Waals surface area (Å²) in [5.74, 6) is 0.314. The van der Waals surface area contributed by atoms with Crippen molar-refractivity contribution in [3.05, 3.63) is 0 Å². The number of rotatable bonds is 3. The van der Waals surface area contributed by atoms with Gasteiger partial charge in [-0.25, -0.2) is 0 Å². The van der Waals surface area contributed by atoms with Crippen LogP contribution in [0.3, 0.4) is 0 Å². The van der Waals surface area contributed by atoms with E-state index in [-0.39, 0.29) is 17.7 Å². The molecule has 2 rings (SSSR count). The van der Waals surface area contributed by atoms with Gasteiger partial charge < -0.3 is 11.5 Å². The molecule has 4 N–H and O–H groups in total. The van der Waals surface area contributed by atoms with Gasteiger partial charge in [-0.3, -0.25) is 0 Å². The second-order valence-electron chi connectivity index (χ2n) is 3.40. The molecule has 0 amide bonds. The van der Waals surface area contributed by atoms with E-state index >= 15 is 0 Å². The standard InChI is InChI=1S/C7H11N9S/c1-3(2)17-7-14-13-6-12-11-5(10-4(8)9)16(6)15-7/h3H,1-2H3,(H4,8,9,10,11). The number of nitrogens with zero attached hydrogens (tertiary/aromatic N) is 7. The smallest absolute Gasteiger partial charge is 0.292 e. The Morgan fingerprint density at radius 2 is 1.94 bits per heavy atom. The van der Waals surface area contributed by atoms with E-state index in [4.69, 9.17) is 11.5 Å². The zero-order valence-corrected chi connectivity index (χ0v) is 10.1. The molecule has 0 atom stereocenters. The molecule has 10 heteroatoms. The van der Waals surface area contributed by atoms with E-state index in [9.17, 15) is 0 Å². The third-order valence-corrected chi connectivity index (χ3v) is 2.43. The fraction of sp³-hybridized carbons (Fsp3) is 0.429. The summed E-state index contributed by atoms with van der Waals surface area (Å²) in [6.45, 7) is 4.06. The minimum atomic E-state index is -0.115. The Bertz CT molecular complexity index is 555. The molecule has 2 heterocycles. The Hall–Kier alpha value is -1.97. The zero-order valence-electron chi connectivity index (χ0n) is 9.27. The van der Waals surface area contributed by atoms with Crippen LogP contribution in [0.5, 0.6) is 0 Å². The molecule has 0 aromatic carbocycles. The first-order valence-electron chi connectivity index (χ1n) is 4.78. The summed E-state index contributed by atoms with van der Waals surface area (Å²) >= 11 is 1.47. The van der Waals surface area contributed by atoms with Gasteiger partial charge in [-0.1, -0.05) is 25.6 Å². The molecule has 0 bridgehead atoms. The first kappa shape index (κ1) is 11.5. The zero-order chi connectivity index (χ0) is 12.4. The summed E-state index contributed by atoms with van der Waals surface area (Å²) in [6.07, 6.45) is 0. The molecule has 9 nitrogen and oxygen atoms in total. The molecule has 0 radical (unpaired) electrons. The largest absolute Gasteiger partial charge is 0.370 e. The minimum Gasteiger partial charge on any atom is -0.370 e. The number of fused-ring (bicyclic) bond motifs is 1. The fourth-order valence-corrected chi connectivity index (χ4v) is 1.69. The molecule has 17 heavy (non-hydrogen) atoms. The van der Waals surface area contributed by atoms with Gasteiger partial charge >= 0.3 is 0 Å². The number of guanidine groups is 1. The highest BCUT2D eigenvalue weighted by molar-refractivity contribution is 7.99. The summed E-state index contributed by atoms with van der Waals surface area (Å²) in [5.41, 5.74) is 10.5. The van der Waals surface area contributed by atoms with E-state index in [1.165, 1.54) is 16.3 Å². The SMILES string of the molecule is CC(C)Sc1nnc2nnc(N=C(N)N)n2n1. The van der Waals surface area contributed by atoms with Gasteiger partial charge in [0.1, 0.15) is 0 Å². The van der Waals surface area contributed by atoms with Crippen LogP contribution < -0.4 is 11.5 Å². The van der Waals surface area contributed by atoms with Crippen LogP contribution >= 0.6 is 11.8 Å². The summed E-state index contributed by atoms with van der Waals surface area (Å²) < 4.78 is 1.34. The molecule has 0 unspecified atom stereocenters. The molecular formula is C7H11N9S. The number of thioether (sulfide) groups is 1. The summed E-state index contributed by atoms with van der Waals surface area (Å²) in [7, 11) is 0. The van der Waals surface area contributed by atoms with Crippen molar-refractivity contribution in [1.29, 1.82) is 0 Å². The third kappa shape index (κ3) is 2.58. The molecular weight excluding hydrogens is 242 g/mol. The van der Waals surface area contributed by atoms with Gasteiger partial charge in [0.25, 0.3) is 11.7 Å². The lowest BCUT2D eigenvalue weighted by Crippen LogP contribution is -2.22. The highest BCUT2D eigenvalue weighted by atomic mass is 32.2. The van der Waals surface area contributed by atoms with Gasteiger partial charge in [-0.2, -0.15) is 9.51 Å². The molecule has 90 valence electrons. The van der Waals surface area contributed by atoms with Crippen molar-refractivity contribution < 1.29 is 0 Å².